The largest absolute Gasteiger partial charge is 0.504 e. The molecule has 136 valence electrons. The van der Waals surface area contributed by atoms with Gasteiger partial charge in [-0.15, -0.1) is 0 Å². The van der Waals surface area contributed by atoms with Crippen molar-refractivity contribution in [3.05, 3.63) is 17.7 Å². The summed E-state index contributed by atoms with van der Waals surface area (Å²) in [6.07, 6.45) is -0.988. The summed E-state index contributed by atoms with van der Waals surface area (Å²) < 4.78 is 21.5. The van der Waals surface area contributed by atoms with Crippen molar-refractivity contribution in [1.82, 2.24) is 0 Å². The molecule has 4 atom stereocenters. The normalized spacial score (nSPS) is 29.1. The Morgan fingerprint density at radius 3 is 2.52 bits per heavy atom. The number of methoxy groups -OCH3 is 3. The van der Waals surface area contributed by atoms with Gasteiger partial charge in [0.05, 0.1) is 19.6 Å². The molecule has 0 saturated heterocycles. The molecule has 2 aliphatic rings. The number of carbonyl (C=O) groups excluding carboxylic acids is 2. The molecule has 0 bridgehead atoms. The standard InChI is InChI=1S/C18H22O7/c1-22-13-7-12(20)14(18(24-3)15(13)21)10-6-9-4-5-11(19)17(23-2)16(9)25-8-10/h4-5,10,13-14,18-19H,6-8H2,1-3H3/t10-,13+,14-,18+/m1/s1. The topological polar surface area (TPSA) is 91.3 Å². The van der Waals surface area contributed by atoms with Crippen LogP contribution in [0.4, 0.5) is 0 Å². The molecule has 1 aromatic rings. The molecule has 0 aromatic heterocycles. The predicted octanol–water partition coefficient (Wildman–Crippen LogP) is 1.14. The second-order valence-corrected chi connectivity index (χ2v) is 6.36. The lowest BCUT2D eigenvalue weighted by Gasteiger charge is -2.38. The molecule has 7 heteroatoms. The molecule has 0 spiro atoms. The van der Waals surface area contributed by atoms with Gasteiger partial charge in [-0.2, -0.15) is 0 Å². The second kappa shape index (κ2) is 7.01. The molecule has 1 heterocycles. The van der Waals surface area contributed by atoms with Gasteiger partial charge in [0.1, 0.15) is 18.0 Å². The monoisotopic (exact) mass is 350 g/mol. The van der Waals surface area contributed by atoms with E-state index < -0.39 is 18.1 Å². The third-order valence-corrected chi connectivity index (χ3v) is 5.03. The molecule has 1 aliphatic heterocycles. The first-order chi connectivity index (χ1) is 12.0. The van der Waals surface area contributed by atoms with Crippen LogP contribution in [0.1, 0.15) is 12.0 Å². The molecule has 1 aromatic carbocycles. The van der Waals surface area contributed by atoms with Crippen LogP contribution in [0.5, 0.6) is 17.2 Å². The van der Waals surface area contributed by atoms with Crippen molar-refractivity contribution in [3.63, 3.8) is 0 Å². The van der Waals surface area contributed by atoms with Crippen molar-refractivity contribution in [3.8, 4) is 17.2 Å². The SMILES string of the molecule is COc1c(O)ccc2c1OC[C@H]([C@@H]1C(=O)C[C@H](OC)C(=O)[C@H]1OC)C2. The highest BCUT2D eigenvalue weighted by molar-refractivity contribution is 6.01. The van der Waals surface area contributed by atoms with Gasteiger partial charge in [-0.25, -0.2) is 0 Å². The summed E-state index contributed by atoms with van der Waals surface area (Å²) in [5.41, 5.74) is 0.829. The number of hydrogen-bond acceptors (Lipinski definition) is 7. The number of rotatable bonds is 4. The Morgan fingerprint density at radius 1 is 1.12 bits per heavy atom. The zero-order valence-corrected chi connectivity index (χ0v) is 14.5. The summed E-state index contributed by atoms with van der Waals surface area (Å²) in [5.74, 6) is -0.259. The summed E-state index contributed by atoms with van der Waals surface area (Å²) in [4.78, 5) is 25.1. The molecule has 7 nitrogen and oxygen atoms in total. The molecule has 1 aliphatic carbocycles. The van der Waals surface area contributed by atoms with Crippen molar-refractivity contribution in [2.75, 3.05) is 27.9 Å². The first-order valence-corrected chi connectivity index (χ1v) is 8.15. The molecule has 0 unspecified atom stereocenters. The lowest BCUT2D eigenvalue weighted by molar-refractivity contribution is -0.159. The maximum absolute atomic E-state index is 12.6. The first kappa shape index (κ1) is 17.7. The average molecular weight is 350 g/mol. The van der Waals surface area contributed by atoms with E-state index in [-0.39, 0.29) is 42.0 Å². The van der Waals surface area contributed by atoms with E-state index >= 15 is 0 Å². The summed E-state index contributed by atoms with van der Waals surface area (Å²) >= 11 is 0. The zero-order valence-electron chi connectivity index (χ0n) is 14.5. The summed E-state index contributed by atoms with van der Waals surface area (Å²) in [6, 6.07) is 3.28. The van der Waals surface area contributed by atoms with Gasteiger partial charge in [0.15, 0.2) is 17.3 Å². The summed E-state index contributed by atoms with van der Waals surface area (Å²) in [6.45, 7) is 0.244. The van der Waals surface area contributed by atoms with Crippen LogP contribution >= 0.6 is 0 Å². The molecule has 1 saturated carbocycles. The molecule has 1 N–H and O–H groups in total. The lowest BCUT2D eigenvalue weighted by atomic mass is 9.72. The Kier molecular flexibility index (Phi) is 4.96. The van der Waals surface area contributed by atoms with Crippen molar-refractivity contribution in [2.45, 2.75) is 25.0 Å². The quantitative estimate of drug-likeness (QED) is 0.870. The van der Waals surface area contributed by atoms with Gasteiger partial charge < -0.3 is 24.1 Å². The van der Waals surface area contributed by atoms with Crippen LogP contribution in [-0.4, -0.2) is 56.8 Å². The highest BCUT2D eigenvalue weighted by Gasteiger charge is 2.48. The highest BCUT2D eigenvalue weighted by Crippen LogP contribution is 2.44. The number of carbonyl (C=O) groups is 2. The fourth-order valence-electron chi connectivity index (χ4n) is 3.79. The Labute approximate surface area is 145 Å². The van der Waals surface area contributed by atoms with Crippen LogP contribution in [-0.2, 0) is 25.5 Å². The first-order valence-electron chi connectivity index (χ1n) is 8.15. The third kappa shape index (κ3) is 2.98. The van der Waals surface area contributed by atoms with E-state index in [1.54, 1.807) is 6.07 Å². The molecule has 1 fully saturated rings. The number of hydrogen-bond donors (Lipinski definition) is 1. The third-order valence-electron chi connectivity index (χ3n) is 5.03. The van der Waals surface area contributed by atoms with Crippen LogP contribution in [0, 0.1) is 11.8 Å². The van der Waals surface area contributed by atoms with Gasteiger partial charge in [-0.3, -0.25) is 9.59 Å². The van der Waals surface area contributed by atoms with Gasteiger partial charge in [-0.1, -0.05) is 6.07 Å². The molecular weight excluding hydrogens is 328 g/mol. The second-order valence-electron chi connectivity index (χ2n) is 6.36. The van der Waals surface area contributed by atoms with Crippen molar-refractivity contribution < 1.29 is 33.6 Å². The van der Waals surface area contributed by atoms with E-state index in [0.29, 0.717) is 12.2 Å². The van der Waals surface area contributed by atoms with Crippen LogP contribution in [0.15, 0.2) is 12.1 Å². The van der Waals surface area contributed by atoms with Gasteiger partial charge in [0.25, 0.3) is 0 Å². The summed E-state index contributed by atoms with van der Waals surface area (Å²) in [5, 5.41) is 9.86. The van der Waals surface area contributed by atoms with Crippen LogP contribution in [0.2, 0.25) is 0 Å². The summed E-state index contributed by atoms with van der Waals surface area (Å²) in [7, 11) is 4.31. The zero-order chi connectivity index (χ0) is 18.1. The minimum Gasteiger partial charge on any atom is -0.504 e. The number of phenols is 1. The van der Waals surface area contributed by atoms with E-state index in [2.05, 4.69) is 0 Å². The van der Waals surface area contributed by atoms with Gasteiger partial charge in [-0.05, 0) is 18.1 Å². The fraction of sp³-hybridized carbons (Fsp3) is 0.556. The lowest BCUT2D eigenvalue weighted by Crippen LogP contribution is -2.53. The Morgan fingerprint density at radius 2 is 1.88 bits per heavy atom. The number of fused-ring (bicyclic) bond motifs is 1. The molecule has 0 amide bonds. The van der Waals surface area contributed by atoms with E-state index in [1.165, 1.54) is 27.4 Å². The van der Waals surface area contributed by atoms with Crippen LogP contribution < -0.4 is 9.47 Å². The van der Waals surface area contributed by atoms with Crippen molar-refractivity contribution in [2.24, 2.45) is 11.8 Å². The average Bonchev–Trinajstić information content (AvgIpc) is 2.62. The number of phenolic OH excluding ortho intramolecular Hbond substituents is 1. The van der Waals surface area contributed by atoms with E-state index in [4.69, 9.17) is 18.9 Å². The number of ether oxygens (including phenoxy) is 4. The van der Waals surface area contributed by atoms with Crippen molar-refractivity contribution >= 4 is 11.6 Å². The highest BCUT2D eigenvalue weighted by atomic mass is 16.5. The van der Waals surface area contributed by atoms with Gasteiger partial charge in [0.2, 0.25) is 5.75 Å². The smallest absolute Gasteiger partial charge is 0.203 e. The number of Topliss-reactive ketones (excluding diaryl/α,β-unsaturated/α-hetero) is 2. The fourth-order valence-corrected chi connectivity index (χ4v) is 3.79. The van der Waals surface area contributed by atoms with E-state index in [1.807, 2.05) is 0 Å². The molecule has 25 heavy (non-hydrogen) atoms. The number of benzene rings is 1. The maximum atomic E-state index is 12.6. The Bertz CT molecular complexity index is 684. The molecule has 0 radical (unpaired) electrons. The number of aromatic hydroxyl groups is 1. The van der Waals surface area contributed by atoms with E-state index in [9.17, 15) is 14.7 Å². The Balaban J connectivity index is 1.88. The minimum atomic E-state index is -0.833. The Hall–Kier alpha value is -2.12. The van der Waals surface area contributed by atoms with Crippen molar-refractivity contribution in [1.29, 1.82) is 0 Å². The van der Waals surface area contributed by atoms with Crippen LogP contribution in [0.25, 0.3) is 0 Å². The van der Waals surface area contributed by atoms with Crippen LogP contribution in [0.3, 0.4) is 0 Å². The van der Waals surface area contributed by atoms with Gasteiger partial charge >= 0.3 is 0 Å². The van der Waals surface area contributed by atoms with E-state index in [0.717, 1.165) is 5.56 Å². The molecular formula is C18H22O7. The van der Waals surface area contributed by atoms with Gasteiger partial charge in [0, 0.05) is 26.6 Å². The minimum absolute atomic E-state index is 0.00123. The maximum Gasteiger partial charge on any atom is 0.203 e. The molecule has 3 rings (SSSR count). The number of ketones is 2. The predicted molar refractivity (Wildman–Crippen MR) is 87.1 cm³/mol.